The maximum atomic E-state index is 14.0. The van der Waals surface area contributed by atoms with E-state index in [1.807, 2.05) is 13.0 Å². The molecule has 0 aromatic heterocycles. The van der Waals surface area contributed by atoms with Gasteiger partial charge in [0, 0.05) is 12.2 Å². The van der Waals surface area contributed by atoms with E-state index in [0.717, 1.165) is 18.4 Å². The van der Waals surface area contributed by atoms with E-state index in [2.05, 4.69) is 11.9 Å². The minimum absolute atomic E-state index is 0.0578. The lowest BCUT2D eigenvalue weighted by Crippen LogP contribution is -2.37. The van der Waals surface area contributed by atoms with Gasteiger partial charge in [0.15, 0.2) is 11.6 Å². The summed E-state index contributed by atoms with van der Waals surface area (Å²) in [6, 6.07) is 4.61. The molecule has 3 rings (SSSR count). The fraction of sp³-hybridized carbons (Fsp3) is 0.500. The highest BCUT2D eigenvalue weighted by Crippen LogP contribution is 2.34. The Bertz CT molecular complexity index is 616. The van der Waals surface area contributed by atoms with E-state index in [4.69, 9.17) is 9.47 Å². The molecule has 3 atom stereocenters. The molecule has 2 aliphatic rings. The molecule has 0 radical (unpaired) electrons. The number of hydrogen-bond acceptors (Lipinski definition) is 3. The Kier molecular flexibility index (Phi) is 4.66. The number of amides is 1. The van der Waals surface area contributed by atoms with Crippen LogP contribution in [0.25, 0.3) is 0 Å². The third kappa shape index (κ3) is 3.24. The SMILES string of the molecule is C=C(C)[C@H]1OCC[C@H]1C(=O)NC1CCCOc2c(F)cccc21. The molecule has 124 valence electrons. The number of para-hydroxylation sites is 1. The predicted molar refractivity (Wildman–Crippen MR) is 84.7 cm³/mol. The maximum absolute atomic E-state index is 14.0. The van der Waals surface area contributed by atoms with Gasteiger partial charge in [-0.05, 0) is 32.3 Å². The van der Waals surface area contributed by atoms with Crippen molar-refractivity contribution < 1.29 is 18.7 Å². The molecular weight excluding hydrogens is 297 g/mol. The summed E-state index contributed by atoms with van der Waals surface area (Å²) in [6.45, 7) is 6.80. The van der Waals surface area contributed by atoms with Gasteiger partial charge >= 0.3 is 0 Å². The Morgan fingerprint density at radius 2 is 2.17 bits per heavy atom. The second kappa shape index (κ2) is 6.71. The van der Waals surface area contributed by atoms with Gasteiger partial charge in [0.25, 0.3) is 0 Å². The number of ether oxygens (including phenoxy) is 2. The molecule has 1 unspecified atom stereocenters. The van der Waals surface area contributed by atoms with E-state index >= 15 is 0 Å². The zero-order valence-electron chi connectivity index (χ0n) is 13.3. The van der Waals surface area contributed by atoms with Crippen LogP contribution in [0.1, 0.15) is 37.8 Å². The lowest BCUT2D eigenvalue weighted by Gasteiger charge is -2.23. The lowest BCUT2D eigenvalue weighted by molar-refractivity contribution is -0.126. The van der Waals surface area contributed by atoms with E-state index in [1.165, 1.54) is 6.07 Å². The molecule has 4 nitrogen and oxygen atoms in total. The number of carbonyl (C=O) groups excluding carboxylic acids is 1. The number of rotatable bonds is 3. The van der Waals surface area contributed by atoms with Crippen LogP contribution in [0, 0.1) is 11.7 Å². The minimum atomic E-state index is -0.382. The molecule has 2 heterocycles. The minimum Gasteiger partial charge on any atom is -0.490 e. The van der Waals surface area contributed by atoms with E-state index in [0.29, 0.717) is 25.2 Å². The molecule has 1 aromatic carbocycles. The van der Waals surface area contributed by atoms with Gasteiger partial charge < -0.3 is 14.8 Å². The Labute approximate surface area is 135 Å². The molecule has 5 heteroatoms. The Morgan fingerprint density at radius 3 is 2.96 bits per heavy atom. The van der Waals surface area contributed by atoms with Crippen molar-refractivity contribution in [2.45, 2.75) is 38.3 Å². The summed E-state index contributed by atoms with van der Waals surface area (Å²) in [5, 5.41) is 3.06. The van der Waals surface area contributed by atoms with E-state index in [-0.39, 0.29) is 35.5 Å². The number of fused-ring (bicyclic) bond motifs is 1. The van der Waals surface area contributed by atoms with Crippen molar-refractivity contribution in [1.29, 1.82) is 0 Å². The van der Waals surface area contributed by atoms with Crippen molar-refractivity contribution in [2.24, 2.45) is 5.92 Å². The van der Waals surface area contributed by atoms with Gasteiger partial charge in [-0.2, -0.15) is 0 Å². The van der Waals surface area contributed by atoms with Crippen LogP contribution in [0.4, 0.5) is 4.39 Å². The first-order valence-electron chi connectivity index (χ1n) is 8.06. The lowest BCUT2D eigenvalue weighted by atomic mass is 9.94. The van der Waals surface area contributed by atoms with Crippen molar-refractivity contribution in [1.82, 2.24) is 5.32 Å². The molecule has 1 saturated heterocycles. The Hall–Kier alpha value is -1.88. The number of halogens is 1. The van der Waals surface area contributed by atoms with Gasteiger partial charge in [-0.15, -0.1) is 0 Å². The number of benzene rings is 1. The molecular formula is C18H22FNO3. The summed E-state index contributed by atoms with van der Waals surface area (Å²) in [5.41, 5.74) is 1.57. The van der Waals surface area contributed by atoms with E-state index in [9.17, 15) is 9.18 Å². The third-order valence-corrected chi connectivity index (χ3v) is 4.49. The first-order valence-corrected chi connectivity index (χ1v) is 8.06. The number of hydrogen-bond donors (Lipinski definition) is 1. The maximum Gasteiger partial charge on any atom is 0.226 e. The molecule has 0 bridgehead atoms. The highest BCUT2D eigenvalue weighted by atomic mass is 19.1. The van der Waals surface area contributed by atoms with Crippen LogP contribution in [-0.2, 0) is 9.53 Å². The average Bonchev–Trinajstić information content (AvgIpc) is 2.93. The van der Waals surface area contributed by atoms with Crippen molar-refractivity contribution >= 4 is 5.91 Å². The first kappa shape index (κ1) is 16.0. The summed E-state index contributed by atoms with van der Waals surface area (Å²) in [7, 11) is 0. The smallest absolute Gasteiger partial charge is 0.226 e. The van der Waals surface area contributed by atoms with Crippen molar-refractivity contribution in [3.8, 4) is 5.75 Å². The highest BCUT2D eigenvalue weighted by Gasteiger charge is 2.36. The van der Waals surface area contributed by atoms with Crippen LogP contribution in [0.3, 0.4) is 0 Å². The first-order chi connectivity index (χ1) is 11.1. The van der Waals surface area contributed by atoms with Gasteiger partial charge in [-0.25, -0.2) is 4.39 Å². The molecule has 0 saturated carbocycles. The van der Waals surface area contributed by atoms with Gasteiger partial charge in [0.2, 0.25) is 5.91 Å². The van der Waals surface area contributed by atoms with Crippen LogP contribution in [0.15, 0.2) is 30.4 Å². The molecule has 0 spiro atoms. The second-order valence-corrected chi connectivity index (χ2v) is 6.24. The highest BCUT2D eigenvalue weighted by molar-refractivity contribution is 5.80. The van der Waals surface area contributed by atoms with E-state index < -0.39 is 0 Å². The molecule has 0 aliphatic carbocycles. The average molecular weight is 319 g/mol. The zero-order chi connectivity index (χ0) is 16.4. The number of nitrogens with one attached hydrogen (secondary N) is 1. The fourth-order valence-corrected chi connectivity index (χ4v) is 3.34. The predicted octanol–water partition coefficient (Wildman–Crippen LogP) is 3.14. The second-order valence-electron chi connectivity index (χ2n) is 6.24. The fourth-order valence-electron chi connectivity index (χ4n) is 3.34. The molecule has 2 aliphatic heterocycles. The molecule has 1 aromatic rings. The Morgan fingerprint density at radius 1 is 1.35 bits per heavy atom. The normalized spacial score (nSPS) is 26.8. The molecule has 23 heavy (non-hydrogen) atoms. The summed E-state index contributed by atoms with van der Waals surface area (Å²) in [6.07, 6.45) is 1.95. The third-order valence-electron chi connectivity index (χ3n) is 4.49. The van der Waals surface area contributed by atoms with Crippen molar-refractivity contribution in [2.75, 3.05) is 13.2 Å². The summed E-state index contributed by atoms with van der Waals surface area (Å²) < 4.78 is 25.1. The Balaban J connectivity index is 1.79. The van der Waals surface area contributed by atoms with E-state index in [1.54, 1.807) is 6.07 Å². The topological polar surface area (TPSA) is 47.6 Å². The van der Waals surface area contributed by atoms with Gasteiger partial charge in [0.1, 0.15) is 0 Å². The van der Waals surface area contributed by atoms with Gasteiger partial charge in [-0.1, -0.05) is 24.3 Å². The van der Waals surface area contributed by atoms with Crippen LogP contribution >= 0.6 is 0 Å². The van der Waals surface area contributed by atoms with Crippen LogP contribution in [0.2, 0.25) is 0 Å². The quantitative estimate of drug-likeness (QED) is 0.871. The number of carbonyl (C=O) groups is 1. The summed E-state index contributed by atoms with van der Waals surface area (Å²) in [5.74, 6) is -0.409. The van der Waals surface area contributed by atoms with Crippen LogP contribution in [0.5, 0.6) is 5.75 Å². The molecule has 1 N–H and O–H groups in total. The van der Waals surface area contributed by atoms with Gasteiger partial charge in [-0.3, -0.25) is 4.79 Å². The van der Waals surface area contributed by atoms with Gasteiger partial charge in [0.05, 0.1) is 24.7 Å². The zero-order valence-corrected chi connectivity index (χ0v) is 13.3. The van der Waals surface area contributed by atoms with Crippen LogP contribution in [-0.4, -0.2) is 25.2 Å². The largest absolute Gasteiger partial charge is 0.490 e. The summed E-state index contributed by atoms with van der Waals surface area (Å²) >= 11 is 0. The van der Waals surface area contributed by atoms with Crippen molar-refractivity contribution in [3.63, 3.8) is 0 Å². The van der Waals surface area contributed by atoms with Crippen LogP contribution < -0.4 is 10.1 Å². The summed E-state index contributed by atoms with van der Waals surface area (Å²) in [4.78, 5) is 12.7. The standard InChI is InChI=1S/C18H22FNO3/c1-11(2)16-13(8-10-23-16)18(21)20-15-7-4-9-22-17-12(15)5-3-6-14(17)19/h3,5-6,13,15-16H,1,4,7-10H2,2H3,(H,20,21)/t13-,15?,16-/m1/s1. The molecule has 1 fully saturated rings. The van der Waals surface area contributed by atoms with Crippen molar-refractivity contribution in [3.05, 3.63) is 41.7 Å². The monoisotopic (exact) mass is 319 g/mol. The molecule has 1 amide bonds.